The summed E-state index contributed by atoms with van der Waals surface area (Å²) in [4.78, 5) is 10.2. The smallest absolute Gasteiger partial charge is 0.334 e. The first-order chi connectivity index (χ1) is 8.77. The number of aliphatic carboxylic acids is 1. The molecule has 19 heavy (non-hydrogen) atoms. The maximum atomic E-state index is 13.5. The topological polar surface area (TPSA) is 92.7 Å². The van der Waals surface area contributed by atoms with E-state index >= 15 is 0 Å². The van der Waals surface area contributed by atoms with Crippen molar-refractivity contribution in [3.63, 3.8) is 0 Å². The van der Waals surface area contributed by atoms with Gasteiger partial charge in [-0.3, -0.25) is 0 Å². The molecular formula is C11H14FNO5S. The van der Waals surface area contributed by atoms with Gasteiger partial charge in [-0.25, -0.2) is 22.3 Å². The van der Waals surface area contributed by atoms with Gasteiger partial charge >= 0.3 is 5.97 Å². The molecule has 0 fully saturated rings. The summed E-state index contributed by atoms with van der Waals surface area (Å²) in [5.41, 5.74) is 0.573. The Hall–Kier alpha value is -1.51. The first-order valence-electron chi connectivity index (χ1n) is 5.29. The number of methoxy groups -OCH3 is 1. The minimum Gasteiger partial charge on any atom is -0.479 e. The summed E-state index contributed by atoms with van der Waals surface area (Å²) in [5.74, 6) is -2.21. The molecule has 0 aliphatic carbocycles. The van der Waals surface area contributed by atoms with Crippen molar-refractivity contribution in [2.24, 2.45) is 0 Å². The first kappa shape index (κ1) is 15.5. The summed E-state index contributed by atoms with van der Waals surface area (Å²) in [6, 6.07) is 3.64. The fourth-order valence-corrected chi connectivity index (χ4v) is 2.54. The van der Waals surface area contributed by atoms with Crippen LogP contribution in [0.3, 0.4) is 0 Å². The van der Waals surface area contributed by atoms with Crippen molar-refractivity contribution in [1.29, 1.82) is 0 Å². The first-order valence-corrected chi connectivity index (χ1v) is 6.77. The van der Waals surface area contributed by atoms with Crippen molar-refractivity contribution in [3.05, 3.63) is 29.6 Å². The Kier molecular flexibility index (Phi) is 4.98. The Bertz CT molecular complexity index is 572. The third kappa shape index (κ3) is 3.98. The highest BCUT2D eigenvalue weighted by atomic mass is 32.2. The highest BCUT2D eigenvalue weighted by molar-refractivity contribution is 7.89. The van der Waals surface area contributed by atoms with E-state index in [1.54, 1.807) is 6.92 Å². The minimum atomic E-state index is -4.12. The van der Waals surface area contributed by atoms with Gasteiger partial charge in [-0.05, 0) is 24.6 Å². The van der Waals surface area contributed by atoms with Crippen molar-refractivity contribution in [2.45, 2.75) is 17.9 Å². The zero-order valence-electron chi connectivity index (χ0n) is 10.4. The molecule has 0 radical (unpaired) electrons. The summed E-state index contributed by atoms with van der Waals surface area (Å²) < 4.78 is 43.7. The number of hydrogen-bond donors (Lipinski definition) is 2. The van der Waals surface area contributed by atoms with E-state index in [-0.39, 0.29) is 0 Å². The van der Waals surface area contributed by atoms with Gasteiger partial charge in [0.1, 0.15) is 10.7 Å². The van der Waals surface area contributed by atoms with E-state index in [1.165, 1.54) is 12.1 Å². The predicted octanol–water partition coefficient (Wildman–Crippen LogP) is 0.512. The van der Waals surface area contributed by atoms with Crippen LogP contribution >= 0.6 is 0 Å². The summed E-state index contributed by atoms with van der Waals surface area (Å²) in [6.45, 7) is 1.13. The lowest BCUT2D eigenvalue weighted by Gasteiger charge is -2.12. The second-order valence-corrected chi connectivity index (χ2v) is 5.58. The van der Waals surface area contributed by atoms with Crippen LogP contribution in [0.25, 0.3) is 0 Å². The molecule has 2 N–H and O–H groups in total. The Morgan fingerprint density at radius 3 is 2.68 bits per heavy atom. The zero-order chi connectivity index (χ0) is 14.6. The van der Waals surface area contributed by atoms with Gasteiger partial charge in [0.2, 0.25) is 10.0 Å². The molecule has 0 amide bonds. The van der Waals surface area contributed by atoms with Gasteiger partial charge in [-0.15, -0.1) is 0 Å². The van der Waals surface area contributed by atoms with Crippen LogP contribution in [0, 0.1) is 12.7 Å². The van der Waals surface area contributed by atoms with Crippen molar-refractivity contribution >= 4 is 16.0 Å². The number of rotatable bonds is 6. The Labute approximate surface area is 110 Å². The molecule has 1 aromatic rings. The molecule has 0 saturated carbocycles. The summed E-state index contributed by atoms with van der Waals surface area (Å²) in [5, 5.41) is 8.71. The van der Waals surface area contributed by atoms with E-state index < -0.39 is 39.4 Å². The van der Waals surface area contributed by atoms with Gasteiger partial charge in [0.05, 0.1) is 0 Å². The van der Waals surface area contributed by atoms with Crippen LogP contribution in [0.1, 0.15) is 5.56 Å². The molecule has 0 aromatic heterocycles. The lowest BCUT2D eigenvalue weighted by molar-refractivity contribution is -0.147. The number of ether oxygens (including phenoxy) is 1. The third-order valence-corrected chi connectivity index (χ3v) is 3.83. The van der Waals surface area contributed by atoms with Crippen LogP contribution in [-0.2, 0) is 19.6 Å². The van der Waals surface area contributed by atoms with E-state index in [0.29, 0.717) is 5.56 Å². The second-order valence-electron chi connectivity index (χ2n) is 3.85. The predicted molar refractivity (Wildman–Crippen MR) is 64.8 cm³/mol. The third-order valence-electron chi connectivity index (χ3n) is 2.39. The molecule has 0 spiro atoms. The van der Waals surface area contributed by atoms with Crippen molar-refractivity contribution in [2.75, 3.05) is 13.7 Å². The van der Waals surface area contributed by atoms with E-state index in [2.05, 4.69) is 4.74 Å². The number of nitrogens with one attached hydrogen (secondary N) is 1. The van der Waals surface area contributed by atoms with Gasteiger partial charge in [-0.1, -0.05) is 6.07 Å². The van der Waals surface area contributed by atoms with E-state index in [4.69, 9.17) is 5.11 Å². The number of sulfonamides is 1. The molecule has 1 aromatic carbocycles. The maximum Gasteiger partial charge on any atom is 0.334 e. The van der Waals surface area contributed by atoms with Gasteiger partial charge in [0, 0.05) is 13.7 Å². The monoisotopic (exact) mass is 291 g/mol. The average Bonchev–Trinajstić information content (AvgIpc) is 2.32. The fourth-order valence-electron chi connectivity index (χ4n) is 1.35. The molecule has 1 unspecified atom stereocenters. The van der Waals surface area contributed by atoms with Crippen LogP contribution in [-0.4, -0.2) is 39.3 Å². The quantitative estimate of drug-likeness (QED) is 0.796. The van der Waals surface area contributed by atoms with Crippen LogP contribution in [0.15, 0.2) is 23.1 Å². The number of carboxylic acid groups (broad SMARTS) is 1. The molecule has 0 heterocycles. The zero-order valence-corrected chi connectivity index (χ0v) is 11.2. The standard InChI is InChI=1S/C11H14FNO5S/c1-7-3-4-8(12)10(5-7)19(16,17)13-6-9(18-2)11(14)15/h3-5,9,13H,6H2,1-2H3,(H,14,15). The molecule has 1 atom stereocenters. The highest BCUT2D eigenvalue weighted by Gasteiger charge is 2.23. The highest BCUT2D eigenvalue weighted by Crippen LogP contribution is 2.15. The van der Waals surface area contributed by atoms with Gasteiger partial charge < -0.3 is 9.84 Å². The SMILES string of the molecule is COC(CNS(=O)(=O)c1cc(C)ccc1F)C(=O)O. The van der Waals surface area contributed by atoms with Gasteiger partial charge in [0.15, 0.2) is 6.10 Å². The lowest BCUT2D eigenvalue weighted by Crippen LogP contribution is -2.38. The Balaban J connectivity index is 2.93. The van der Waals surface area contributed by atoms with Crippen LogP contribution < -0.4 is 4.72 Å². The molecule has 0 bridgehead atoms. The minimum absolute atomic E-state index is 0.485. The molecule has 106 valence electrons. The number of benzene rings is 1. The average molecular weight is 291 g/mol. The fraction of sp³-hybridized carbons (Fsp3) is 0.364. The molecule has 8 heteroatoms. The second kappa shape index (κ2) is 6.09. The van der Waals surface area contributed by atoms with E-state index in [9.17, 15) is 17.6 Å². The lowest BCUT2D eigenvalue weighted by atomic mass is 10.2. The van der Waals surface area contributed by atoms with Crippen LogP contribution in [0.2, 0.25) is 0 Å². The normalized spacial score (nSPS) is 13.2. The molecular weight excluding hydrogens is 277 g/mol. The Morgan fingerprint density at radius 2 is 2.16 bits per heavy atom. The molecule has 0 saturated heterocycles. The Morgan fingerprint density at radius 1 is 1.53 bits per heavy atom. The maximum absolute atomic E-state index is 13.5. The molecule has 0 aliphatic rings. The summed E-state index contributed by atoms with van der Waals surface area (Å²) in [7, 11) is -2.98. The number of hydrogen-bond acceptors (Lipinski definition) is 4. The molecule has 1 rings (SSSR count). The van der Waals surface area contributed by atoms with Crippen LogP contribution in [0.4, 0.5) is 4.39 Å². The molecule has 6 nitrogen and oxygen atoms in total. The number of carboxylic acids is 1. The van der Waals surface area contributed by atoms with Crippen molar-refractivity contribution in [1.82, 2.24) is 4.72 Å². The molecule has 0 aliphatic heterocycles. The number of carbonyl (C=O) groups is 1. The number of halogens is 1. The van der Waals surface area contributed by atoms with Gasteiger partial charge in [0.25, 0.3) is 0 Å². The number of aryl methyl sites for hydroxylation is 1. The van der Waals surface area contributed by atoms with E-state index in [1.807, 2.05) is 4.72 Å². The van der Waals surface area contributed by atoms with Crippen molar-refractivity contribution < 1.29 is 27.4 Å². The summed E-state index contributed by atoms with van der Waals surface area (Å²) >= 11 is 0. The summed E-state index contributed by atoms with van der Waals surface area (Å²) in [6.07, 6.45) is -1.33. The van der Waals surface area contributed by atoms with Gasteiger partial charge in [-0.2, -0.15) is 0 Å². The largest absolute Gasteiger partial charge is 0.479 e. The van der Waals surface area contributed by atoms with Crippen molar-refractivity contribution in [3.8, 4) is 0 Å². The van der Waals surface area contributed by atoms with E-state index in [0.717, 1.165) is 13.2 Å². The van der Waals surface area contributed by atoms with Crippen LogP contribution in [0.5, 0.6) is 0 Å².